The van der Waals surface area contributed by atoms with Crippen molar-refractivity contribution in [2.45, 2.75) is 109 Å². The number of halogens is 11. The zero-order valence-electron chi connectivity index (χ0n) is 30.2. The Labute approximate surface area is 313 Å². The van der Waals surface area contributed by atoms with Gasteiger partial charge in [-0.1, -0.05) is 31.9 Å². The van der Waals surface area contributed by atoms with Crippen LogP contribution in [-0.2, 0) is 36.3 Å². The van der Waals surface area contributed by atoms with Gasteiger partial charge in [0.2, 0.25) is 0 Å². The lowest BCUT2D eigenvalue weighted by Crippen LogP contribution is -2.51. The zero-order chi connectivity index (χ0) is 41.8. The van der Waals surface area contributed by atoms with E-state index in [0.717, 1.165) is 42.4 Å². The summed E-state index contributed by atoms with van der Waals surface area (Å²) in [5.41, 5.74) is 8.63. The molecule has 1 heterocycles. The predicted octanol–water partition coefficient (Wildman–Crippen LogP) is 10.1. The van der Waals surface area contributed by atoms with E-state index in [-0.39, 0.29) is 21.6 Å². The summed E-state index contributed by atoms with van der Waals surface area (Å²) >= 11 is 0.850. The second-order valence-electron chi connectivity index (χ2n) is 14.0. The van der Waals surface area contributed by atoms with Gasteiger partial charge < -0.3 is 20.9 Å². The molecule has 0 saturated carbocycles. The van der Waals surface area contributed by atoms with Crippen LogP contribution in [0, 0.1) is 5.41 Å². The van der Waals surface area contributed by atoms with E-state index in [4.69, 9.17) is 16.2 Å². The number of alkyl halides is 11. The molecule has 1 atom stereocenters. The van der Waals surface area contributed by atoms with E-state index in [1.165, 1.54) is 32.0 Å². The van der Waals surface area contributed by atoms with E-state index in [1.807, 2.05) is 6.92 Å². The summed E-state index contributed by atoms with van der Waals surface area (Å²) < 4.78 is 173. The quantitative estimate of drug-likeness (QED) is 0.0501. The van der Waals surface area contributed by atoms with Gasteiger partial charge in [-0.2, -0.15) is 30.7 Å². The van der Waals surface area contributed by atoms with Crippen molar-refractivity contribution in [3.63, 3.8) is 0 Å². The van der Waals surface area contributed by atoms with Crippen molar-refractivity contribution in [3.05, 3.63) is 53.6 Å². The van der Waals surface area contributed by atoms with E-state index in [0.29, 0.717) is 23.8 Å². The number of hydrogen-bond donors (Lipinski definition) is 2. The lowest BCUT2D eigenvalue weighted by molar-refractivity contribution is -0.574. The molecular formula is C35H41F11N2O6S. The lowest BCUT2D eigenvalue weighted by Gasteiger charge is -2.34. The Morgan fingerprint density at radius 1 is 0.782 bits per heavy atom. The molecule has 1 unspecified atom stereocenters. The summed E-state index contributed by atoms with van der Waals surface area (Å²) in [6.07, 6.45) is -24.1. The van der Waals surface area contributed by atoms with E-state index < -0.39 is 78.5 Å². The number of carbonyl (C=O) groups is 1. The minimum atomic E-state index is -5.99. The molecule has 0 amide bonds. The average Bonchev–Trinajstić information content (AvgIpc) is 3.43. The third-order valence-electron chi connectivity index (χ3n) is 7.97. The van der Waals surface area contributed by atoms with Crippen LogP contribution >= 0.6 is 11.3 Å². The van der Waals surface area contributed by atoms with Gasteiger partial charge in [-0.15, -0.1) is 28.9 Å². The number of rotatable bonds is 20. The maximum absolute atomic E-state index is 14.3. The van der Waals surface area contributed by atoms with Crippen LogP contribution in [0.2, 0.25) is 0 Å². The van der Waals surface area contributed by atoms with Crippen molar-refractivity contribution in [2.24, 2.45) is 16.9 Å². The highest BCUT2D eigenvalue weighted by Crippen LogP contribution is 2.43. The third-order valence-corrected chi connectivity index (χ3v) is 9.10. The zero-order valence-corrected chi connectivity index (χ0v) is 31.1. The van der Waals surface area contributed by atoms with Crippen LogP contribution in [0.4, 0.5) is 48.3 Å². The summed E-state index contributed by atoms with van der Waals surface area (Å²) in [5, 5.41) is 0.382. The number of thiophene rings is 1. The molecule has 20 heteroatoms. The molecule has 1 aromatic heterocycles. The first-order valence-electron chi connectivity index (χ1n) is 16.6. The van der Waals surface area contributed by atoms with Gasteiger partial charge in [-0.25, -0.2) is 14.2 Å². The van der Waals surface area contributed by atoms with Crippen molar-refractivity contribution in [3.8, 4) is 16.2 Å². The topological polar surface area (TPSA) is 115 Å². The van der Waals surface area contributed by atoms with Gasteiger partial charge in [0.1, 0.15) is 5.75 Å². The summed E-state index contributed by atoms with van der Waals surface area (Å²) in [4.78, 5) is 12.5. The Bertz CT molecular complexity index is 1760. The number of carbonyl (C=O) groups excluding carboxylic acids is 1. The van der Waals surface area contributed by atoms with Gasteiger partial charge >= 0.3 is 37.0 Å². The van der Waals surface area contributed by atoms with Gasteiger partial charge in [0.15, 0.2) is 13.2 Å². The van der Waals surface area contributed by atoms with Gasteiger partial charge in [0.05, 0.1) is 11.0 Å². The molecule has 3 rings (SSSR count). The molecule has 0 saturated heterocycles. The maximum atomic E-state index is 14.3. The van der Waals surface area contributed by atoms with Gasteiger partial charge in [0, 0.05) is 26.7 Å². The SMILES string of the molecule is CCCCCc1ccc(-c2cc3ccc(OCC(F)(F)OC(F)(F)OC(F)(F)OC(F)(F)COC(=O)C(C)(C)C(N)CC(C)(C)N)cc3s2)c(C(F)(F)F)c1. The monoisotopic (exact) mass is 826 g/mol. The van der Waals surface area contributed by atoms with Crippen molar-refractivity contribution in [2.75, 3.05) is 13.2 Å². The smallest absolute Gasteiger partial charge is 0.484 e. The first kappa shape index (κ1) is 46.1. The highest BCUT2D eigenvalue weighted by atomic mass is 32.1. The van der Waals surface area contributed by atoms with Crippen LogP contribution < -0.4 is 16.2 Å². The summed E-state index contributed by atoms with van der Waals surface area (Å²) in [6, 6.07) is 7.84. The van der Waals surface area contributed by atoms with Crippen molar-refractivity contribution in [1.82, 2.24) is 0 Å². The highest BCUT2D eigenvalue weighted by molar-refractivity contribution is 7.22. The number of unbranched alkanes of at least 4 members (excludes halogenated alkanes) is 2. The van der Waals surface area contributed by atoms with E-state index in [2.05, 4.69) is 18.9 Å². The minimum Gasteiger partial charge on any atom is -0.484 e. The van der Waals surface area contributed by atoms with Gasteiger partial charge in [0.25, 0.3) is 0 Å². The fourth-order valence-electron chi connectivity index (χ4n) is 5.07. The van der Waals surface area contributed by atoms with E-state index >= 15 is 0 Å². The van der Waals surface area contributed by atoms with E-state index in [1.54, 1.807) is 19.9 Å². The second-order valence-corrected chi connectivity index (χ2v) is 15.1. The molecule has 310 valence electrons. The fraction of sp³-hybridized carbons (Fsp3) is 0.571. The van der Waals surface area contributed by atoms with Crippen LogP contribution in [0.5, 0.6) is 5.75 Å². The molecule has 0 spiro atoms. The number of ether oxygens (including phenoxy) is 5. The van der Waals surface area contributed by atoms with Crippen molar-refractivity contribution in [1.29, 1.82) is 0 Å². The van der Waals surface area contributed by atoms with Gasteiger partial charge in [-0.3, -0.25) is 4.79 Å². The number of nitrogens with two attached hydrogens (primary N) is 2. The molecule has 0 radical (unpaired) electrons. The standard InChI is InChI=1S/C35H41F11N2O6S/c1-6-7-8-9-20-10-13-23(24(14-20)33(40,41)42)26-15-21-11-12-22(16-25(21)55-26)50-18-31(36,37)52-34(43,44)54-35(45,46)53-32(38,39)19-51-28(49)30(4,5)27(47)17-29(2,3)48/h10-16,27H,6-9,17-19,47-48H2,1-5H3. The molecular weight excluding hydrogens is 785 g/mol. The fourth-order valence-corrected chi connectivity index (χ4v) is 6.20. The molecule has 2 aromatic carbocycles. The lowest BCUT2D eigenvalue weighted by atomic mass is 9.79. The Hall–Kier alpha value is -3.30. The maximum Gasteiger partial charge on any atom is 0.496 e. The highest BCUT2D eigenvalue weighted by Gasteiger charge is 2.57. The number of benzene rings is 2. The Morgan fingerprint density at radius 3 is 1.95 bits per heavy atom. The summed E-state index contributed by atoms with van der Waals surface area (Å²) in [6.45, 7) is 3.15. The van der Waals surface area contributed by atoms with Crippen molar-refractivity contribution < 1.29 is 76.8 Å². The normalized spacial score (nSPS) is 14.4. The van der Waals surface area contributed by atoms with Crippen LogP contribution in [0.3, 0.4) is 0 Å². The van der Waals surface area contributed by atoms with Crippen LogP contribution in [0.25, 0.3) is 20.5 Å². The molecule has 0 aliphatic carbocycles. The number of aryl methyl sites for hydroxylation is 1. The largest absolute Gasteiger partial charge is 0.496 e. The minimum absolute atomic E-state index is 0.00679. The number of esters is 1. The first-order valence-corrected chi connectivity index (χ1v) is 17.5. The summed E-state index contributed by atoms with van der Waals surface area (Å²) in [5.74, 6) is -1.82. The van der Waals surface area contributed by atoms with Crippen LogP contribution in [0.15, 0.2) is 42.5 Å². The molecule has 3 aromatic rings. The number of hydrogen-bond acceptors (Lipinski definition) is 9. The Kier molecular flexibility index (Phi) is 14.3. The average molecular weight is 827 g/mol. The van der Waals surface area contributed by atoms with Crippen molar-refractivity contribution >= 4 is 27.4 Å². The van der Waals surface area contributed by atoms with Gasteiger partial charge in [-0.05, 0) is 88.2 Å². The molecule has 55 heavy (non-hydrogen) atoms. The second kappa shape index (κ2) is 17.1. The molecule has 4 N–H and O–H groups in total. The molecule has 0 bridgehead atoms. The van der Waals surface area contributed by atoms with E-state index in [9.17, 15) is 53.1 Å². The Morgan fingerprint density at radius 2 is 1.38 bits per heavy atom. The van der Waals surface area contributed by atoms with Crippen LogP contribution in [-0.4, -0.2) is 55.6 Å². The molecule has 8 nitrogen and oxygen atoms in total. The third kappa shape index (κ3) is 14.0. The molecule has 0 aliphatic rings. The summed E-state index contributed by atoms with van der Waals surface area (Å²) in [7, 11) is 0. The Balaban J connectivity index is 1.63. The molecule has 0 fully saturated rings. The predicted molar refractivity (Wildman–Crippen MR) is 180 cm³/mol. The van der Waals surface area contributed by atoms with Crippen LogP contribution in [0.1, 0.15) is 71.4 Å². The number of fused-ring (bicyclic) bond motifs is 1. The first-order chi connectivity index (χ1) is 24.9. The molecule has 0 aliphatic heterocycles.